The molecule has 2 heterocycles. The molecule has 0 aliphatic rings. The van der Waals surface area contributed by atoms with Gasteiger partial charge in [0, 0.05) is 18.8 Å². The number of aromatic nitrogens is 3. The van der Waals surface area contributed by atoms with Crippen LogP contribution in [0.15, 0.2) is 38.9 Å². The first-order valence-corrected chi connectivity index (χ1v) is 7.18. The second-order valence-corrected chi connectivity index (χ2v) is 5.42. The zero-order chi connectivity index (χ0) is 13.0. The number of nitrogens with one attached hydrogen (secondary N) is 1. The summed E-state index contributed by atoms with van der Waals surface area (Å²) in [6.07, 6.45) is 1.77. The predicted molar refractivity (Wildman–Crippen MR) is 77.0 cm³/mol. The molecule has 0 bridgehead atoms. The molecule has 0 atom stereocenters. The van der Waals surface area contributed by atoms with Crippen LogP contribution in [0.25, 0.3) is 0 Å². The maximum atomic E-state index is 4.40. The average molecular weight is 325 g/mol. The van der Waals surface area contributed by atoms with Gasteiger partial charge < -0.3 is 5.32 Å². The summed E-state index contributed by atoms with van der Waals surface area (Å²) in [6, 6.07) is 5.79. The molecule has 2 aromatic rings. The molecule has 6 heteroatoms. The molecule has 1 N–H and O–H groups in total. The van der Waals surface area contributed by atoms with Gasteiger partial charge in [0.15, 0.2) is 0 Å². The standard InChI is InChI=1S/C12H13BrN4S/c1-3-14-10-7-11(17-8(2)16-10)18-12-9(13)5-4-6-15-12/h4-7H,3H2,1-2H3,(H,14,16,17). The molecule has 0 saturated heterocycles. The smallest absolute Gasteiger partial charge is 0.130 e. The Morgan fingerprint density at radius 3 is 2.94 bits per heavy atom. The zero-order valence-electron chi connectivity index (χ0n) is 10.1. The van der Waals surface area contributed by atoms with Gasteiger partial charge in [-0.05, 0) is 53.7 Å². The lowest BCUT2D eigenvalue weighted by molar-refractivity contribution is 0.956. The normalized spacial score (nSPS) is 10.4. The third kappa shape index (κ3) is 3.43. The number of aryl methyl sites for hydroxylation is 1. The van der Waals surface area contributed by atoms with E-state index in [0.29, 0.717) is 0 Å². The highest BCUT2D eigenvalue weighted by Gasteiger charge is 2.07. The van der Waals surface area contributed by atoms with E-state index in [1.165, 1.54) is 11.8 Å². The summed E-state index contributed by atoms with van der Waals surface area (Å²) in [5.74, 6) is 1.60. The summed E-state index contributed by atoms with van der Waals surface area (Å²) in [5, 5.41) is 4.98. The van der Waals surface area contributed by atoms with E-state index in [0.717, 1.165) is 32.7 Å². The molecule has 0 amide bonds. The highest BCUT2D eigenvalue weighted by Crippen LogP contribution is 2.30. The molecule has 0 radical (unpaired) electrons. The summed E-state index contributed by atoms with van der Waals surface area (Å²) in [6.45, 7) is 4.77. The van der Waals surface area contributed by atoms with E-state index < -0.39 is 0 Å². The Morgan fingerprint density at radius 1 is 1.39 bits per heavy atom. The van der Waals surface area contributed by atoms with E-state index in [9.17, 15) is 0 Å². The Kier molecular flexibility index (Phi) is 4.54. The number of nitrogens with zero attached hydrogens (tertiary/aromatic N) is 3. The minimum atomic E-state index is 0.753. The number of pyridine rings is 1. The minimum absolute atomic E-state index is 0.753. The van der Waals surface area contributed by atoms with E-state index in [1.807, 2.05) is 32.0 Å². The summed E-state index contributed by atoms with van der Waals surface area (Å²) in [4.78, 5) is 13.0. The quantitative estimate of drug-likeness (QED) is 0.872. The van der Waals surface area contributed by atoms with Crippen LogP contribution in [-0.4, -0.2) is 21.5 Å². The number of rotatable bonds is 4. The molecule has 2 rings (SSSR count). The van der Waals surface area contributed by atoms with E-state index in [1.54, 1.807) is 6.20 Å². The van der Waals surface area contributed by atoms with Crippen molar-refractivity contribution in [2.24, 2.45) is 0 Å². The van der Waals surface area contributed by atoms with Crippen molar-refractivity contribution < 1.29 is 0 Å². The maximum absolute atomic E-state index is 4.40. The van der Waals surface area contributed by atoms with E-state index >= 15 is 0 Å². The van der Waals surface area contributed by atoms with Crippen LogP contribution >= 0.6 is 27.7 Å². The Hall–Kier alpha value is -1.14. The molecule has 0 aliphatic heterocycles. The number of hydrogen-bond donors (Lipinski definition) is 1. The Bertz CT molecular complexity index is 547. The van der Waals surface area contributed by atoms with Crippen LogP contribution in [-0.2, 0) is 0 Å². The fourth-order valence-corrected chi connectivity index (χ4v) is 2.73. The molecule has 0 fully saturated rings. The third-order valence-corrected chi connectivity index (χ3v) is 3.94. The van der Waals surface area contributed by atoms with Crippen molar-refractivity contribution in [3.05, 3.63) is 34.7 Å². The predicted octanol–water partition coefficient (Wildman–Crippen LogP) is 3.53. The van der Waals surface area contributed by atoms with E-state index in [4.69, 9.17) is 0 Å². The van der Waals surface area contributed by atoms with Gasteiger partial charge in [-0.15, -0.1) is 0 Å². The lowest BCUT2D eigenvalue weighted by Crippen LogP contribution is -2.02. The Labute approximate surface area is 119 Å². The molecule has 0 spiro atoms. The fraction of sp³-hybridized carbons (Fsp3) is 0.250. The van der Waals surface area contributed by atoms with Crippen LogP contribution < -0.4 is 5.32 Å². The summed E-state index contributed by atoms with van der Waals surface area (Å²) in [7, 11) is 0. The van der Waals surface area contributed by atoms with Gasteiger partial charge in [0.2, 0.25) is 0 Å². The Morgan fingerprint density at radius 2 is 2.22 bits per heavy atom. The number of hydrogen-bond acceptors (Lipinski definition) is 5. The van der Waals surface area contributed by atoms with Gasteiger partial charge in [-0.25, -0.2) is 15.0 Å². The van der Waals surface area contributed by atoms with Crippen LogP contribution in [0.4, 0.5) is 5.82 Å². The highest BCUT2D eigenvalue weighted by molar-refractivity contribution is 9.10. The number of halogens is 1. The molecule has 0 aliphatic carbocycles. The molecule has 0 unspecified atom stereocenters. The van der Waals surface area contributed by atoms with E-state index in [2.05, 4.69) is 36.2 Å². The Balaban J connectivity index is 2.26. The highest BCUT2D eigenvalue weighted by atomic mass is 79.9. The SMILES string of the molecule is CCNc1cc(Sc2ncccc2Br)nc(C)n1. The van der Waals surface area contributed by atoms with Crippen LogP contribution in [0.1, 0.15) is 12.7 Å². The van der Waals surface area contributed by atoms with Gasteiger partial charge >= 0.3 is 0 Å². The summed E-state index contributed by atoms with van der Waals surface area (Å²) < 4.78 is 0.969. The molecular formula is C12H13BrN4S. The molecule has 4 nitrogen and oxygen atoms in total. The first kappa shape index (κ1) is 13.3. The summed E-state index contributed by atoms with van der Waals surface area (Å²) >= 11 is 5.00. The van der Waals surface area contributed by atoms with Crippen molar-refractivity contribution in [3.63, 3.8) is 0 Å². The maximum Gasteiger partial charge on any atom is 0.130 e. The summed E-state index contributed by atoms with van der Waals surface area (Å²) in [5.41, 5.74) is 0. The third-order valence-electron chi connectivity index (χ3n) is 2.10. The van der Waals surface area contributed by atoms with Crippen molar-refractivity contribution in [1.82, 2.24) is 15.0 Å². The van der Waals surface area contributed by atoms with Crippen molar-refractivity contribution in [2.75, 3.05) is 11.9 Å². The minimum Gasteiger partial charge on any atom is -0.370 e. The lowest BCUT2D eigenvalue weighted by atomic mass is 10.5. The second-order valence-electron chi connectivity index (χ2n) is 3.56. The molecule has 0 aromatic carbocycles. The van der Waals surface area contributed by atoms with Gasteiger partial charge in [0.05, 0.1) is 4.47 Å². The fourth-order valence-electron chi connectivity index (χ4n) is 1.41. The zero-order valence-corrected chi connectivity index (χ0v) is 12.5. The topological polar surface area (TPSA) is 50.7 Å². The average Bonchev–Trinajstić information content (AvgIpc) is 2.32. The van der Waals surface area contributed by atoms with Crippen molar-refractivity contribution in [1.29, 1.82) is 0 Å². The van der Waals surface area contributed by atoms with Crippen molar-refractivity contribution in [3.8, 4) is 0 Å². The van der Waals surface area contributed by atoms with Crippen molar-refractivity contribution >= 4 is 33.5 Å². The molecule has 0 saturated carbocycles. The van der Waals surface area contributed by atoms with Crippen LogP contribution in [0.5, 0.6) is 0 Å². The van der Waals surface area contributed by atoms with Gasteiger partial charge in [-0.2, -0.15) is 0 Å². The van der Waals surface area contributed by atoms with Crippen molar-refractivity contribution in [2.45, 2.75) is 23.9 Å². The van der Waals surface area contributed by atoms with Crippen LogP contribution in [0.3, 0.4) is 0 Å². The van der Waals surface area contributed by atoms with Gasteiger partial charge in [-0.1, -0.05) is 0 Å². The monoisotopic (exact) mass is 324 g/mol. The molecule has 18 heavy (non-hydrogen) atoms. The van der Waals surface area contributed by atoms with Gasteiger partial charge in [0.1, 0.15) is 21.7 Å². The van der Waals surface area contributed by atoms with Gasteiger partial charge in [0.25, 0.3) is 0 Å². The number of anilines is 1. The molecule has 2 aromatic heterocycles. The van der Waals surface area contributed by atoms with Crippen LogP contribution in [0, 0.1) is 6.92 Å². The molecular weight excluding hydrogens is 312 g/mol. The lowest BCUT2D eigenvalue weighted by Gasteiger charge is -2.07. The first-order valence-electron chi connectivity index (χ1n) is 5.57. The van der Waals surface area contributed by atoms with Gasteiger partial charge in [-0.3, -0.25) is 0 Å². The second kappa shape index (κ2) is 6.15. The first-order chi connectivity index (χ1) is 8.69. The molecule has 94 valence electrons. The van der Waals surface area contributed by atoms with Crippen LogP contribution in [0.2, 0.25) is 0 Å². The van der Waals surface area contributed by atoms with E-state index in [-0.39, 0.29) is 0 Å². The largest absolute Gasteiger partial charge is 0.370 e.